The van der Waals surface area contributed by atoms with Crippen LogP contribution in [0.2, 0.25) is 0 Å². The fourth-order valence-corrected chi connectivity index (χ4v) is 3.24. The summed E-state index contributed by atoms with van der Waals surface area (Å²) in [6.07, 6.45) is 3.75. The van der Waals surface area contributed by atoms with Crippen LogP contribution in [0.3, 0.4) is 0 Å². The van der Waals surface area contributed by atoms with Gasteiger partial charge >= 0.3 is 0 Å². The van der Waals surface area contributed by atoms with E-state index in [1.165, 1.54) is 24.1 Å². The highest BCUT2D eigenvalue weighted by Crippen LogP contribution is 2.27. The Bertz CT molecular complexity index is 478. The van der Waals surface area contributed by atoms with Crippen molar-refractivity contribution in [3.05, 3.63) is 24.3 Å². The maximum absolute atomic E-state index is 5.77. The summed E-state index contributed by atoms with van der Waals surface area (Å²) in [6, 6.07) is 8.17. The van der Waals surface area contributed by atoms with Gasteiger partial charge in [0.05, 0.1) is 16.8 Å². The number of para-hydroxylation sites is 1. The minimum absolute atomic E-state index is 0. The Morgan fingerprint density at radius 3 is 3.05 bits per heavy atom. The van der Waals surface area contributed by atoms with Crippen LogP contribution < -0.4 is 10.1 Å². The molecule has 19 heavy (non-hydrogen) atoms. The van der Waals surface area contributed by atoms with E-state index >= 15 is 0 Å². The zero-order valence-electron chi connectivity index (χ0n) is 10.8. The van der Waals surface area contributed by atoms with Gasteiger partial charge in [-0.2, -0.15) is 0 Å². The SMILES string of the molecule is Cl.c1ccc2sc(OCCC3CCCNC3)nc2c1. The zero-order chi connectivity index (χ0) is 12.2. The number of piperidine rings is 1. The quantitative estimate of drug-likeness (QED) is 0.938. The molecule has 0 saturated carbocycles. The van der Waals surface area contributed by atoms with Crippen LogP contribution in [-0.2, 0) is 0 Å². The first kappa shape index (κ1) is 14.6. The fraction of sp³-hybridized carbons (Fsp3) is 0.500. The summed E-state index contributed by atoms with van der Waals surface area (Å²) in [5.74, 6) is 0.771. The van der Waals surface area contributed by atoms with Crippen molar-refractivity contribution in [2.45, 2.75) is 19.3 Å². The maximum atomic E-state index is 5.77. The Morgan fingerprint density at radius 1 is 1.37 bits per heavy atom. The summed E-state index contributed by atoms with van der Waals surface area (Å²) in [5.41, 5.74) is 1.04. The van der Waals surface area contributed by atoms with Crippen LogP contribution in [-0.4, -0.2) is 24.7 Å². The van der Waals surface area contributed by atoms with Crippen molar-refractivity contribution in [3.8, 4) is 5.19 Å². The van der Waals surface area contributed by atoms with Crippen LogP contribution >= 0.6 is 23.7 Å². The zero-order valence-corrected chi connectivity index (χ0v) is 12.4. The van der Waals surface area contributed by atoms with Crippen LogP contribution in [0.1, 0.15) is 19.3 Å². The number of nitrogens with zero attached hydrogens (tertiary/aromatic N) is 1. The minimum atomic E-state index is 0. The van der Waals surface area contributed by atoms with Crippen LogP contribution in [0, 0.1) is 5.92 Å². The Balaban J connectivity index is 0.00000133. The smallest absolute Gasteiger partial charge is 0.274 e. The third-order valence-corrected chi connectivity index (χ3v) is 4.37. The standard InChI is InChI=1S/C14H18N2OS.ClH/c1-2-6-13-12(5-1)16-14(18-13)17-9-7-11-4-3-8-15-10-11;/h1-2,5-6,11,15H,3-4,7-10H2;1H. The van der Waals surface area contributed by atoms with Gasteiger partial charge in [-0.3, -0.25) is 0 Å². The normalized spacial score (nSPS) is 19.1. The van der Waals surface area contributed by atoms with Crippen LogP contribution in [0.25, 0.3) is 10.2 Å². The van der Waals surface area contributed by atoms with Gasteiger partial charge in [0, 0.05) is 0 Å². The predicted molar refractivity (Wildman–Crippen MR) is 82.6 cm³/mol. The first-order chi connectivity index (χ1) is 8.92. The molecule has 1 N–H and O–H groups in total. The molecule has 1 aliphatic rings. The lowest BCUT2D eigenvalue weighted by Gasteiger charge is -2.22. The van der Waals surface area contributed by atoms with Gasteiger partial charge in [-0.15, -0.1) is 12.4 Å². The lowest BCUT2D eigenvalue weighted by molar-refractivity contribution is 0.253. The Kier molecular flexibility index (Phi) is 5.43. The first-order valence-electron chi connectivity index (χ1n) is 6.61. The second-order valence-corrected chi connectivity index (χ2v) is 5.79. The number of benzene rings is 1. The second kappa shape index (κ2) is 7.08. The number of halogens is 1. The van der Waals surface area contributed by atoms with E-state index < -0.39 is 0 Å². The minimum Gasteiger partial charge on any atom is -0.470 e. The number of aromatic nitrogens is 1. The van der Waals surface area contributed by atoms with Gasteiger partial charge in [0.2, 0.25) is 0 Å². The van der Waals surface area contributed by atoms with Crippen molar-refractivity contribution >= 4 is 34.0 Å². The average molecular weight is 299 g/mol. The molecule has 0 aliphatic carbocycles. The van der Waals surface area contributed by atoms with Gasteiger partial charge in [0.15, 0.2) is 0 Å². The molecule has 1 atom stereocenters. The molecule has 1 aromatic carbocycles. The molecule has 0 bridgehead atoms. The fourth-order valence-electron chi connectivity index (χ4n) is 2.40. The third-order valence-electron chi connectivity index (χ3n) is 3.42. The van der Waals surface area contributed by atoms with E-state index in [0.717, 1.165) is 36.2 Å². The number of thiazole rings is 1. The molecule has 104 valence electrons. The number of ether oxygens (including phenoxy) is 1. The Morgan fingerprint density at radius 2 is 2.26 bits per heavy atom. The summed E-state index contributed by atoms with van der Waals surface area (Å²) in [4.78, 5) is 4.48. The summed E-state index contributed by atoms with van der Waals surface area (Å²) in [7, 11) is 0. The molecular formula is C14H19ClN2OS. The molecule has 1 unspecified atom stereocenters. The molecule has 5 heteroatoms. The van der Waals surface area contributed by atoms with Crippen molar-refractivity contribution < 1.29 is 4.74 Å². The van der Waals surface area contributed by atoms with Gasteiger partial charge in [0.1, 0.15) is 0 Å². The average Bonchev–Trinajstić information content (AvgIpc) is 2.82. The molecular weight excluding hydrogens is 280 g/mol. The van der Waals surface area contributed by atoms with Crippen molar-refractivity contribution in [1.82, 2.24) is 10.3 Å². The summed E-state index contributed by atoms with van der Waals surface area (Å²) < 4.78 is 6.97. The van der Waals surface area contributed by atoms with E-state index in [1.807, 2.05) is 18.2 Å². The highest BCUT2D eigenvalue weighted by molar-refractivity contribution is 7.20. The van der Waals surface area contributed by atoms with E-state index in [-0.39, 0.29) is 12.4 Å². The number of hydrogen-bond acceptors (Lipinski definition) is 4. The van der Waals surface area contributed by atoms with Gasteiger partial charge < -0.3 is 10.1 Å². The molecule has 3 rings (SSSR count). The summed E-state index contributed by atoms with van der Waals surface area (Å²) in [6.45, 7) is 3.10. The van der Waals surface area contributed by atoms with Gasteiger partial charge in [-0.1, -0.05) is 23.5 Å². The van der Waals surface area contributed by atoms with Crippen molar-refractivity contribution in [3.63, 3.8) is 0 Å². The molecule has 1 aliphatic heterocycles. The molecule has 1 fully saturated rings. The summed E-state index contributed by atoms with van der Waals surface area (Å²) >= 11 is 1.63. The van der Waals surface area contributed by atoms with Gasteiger partial charge in [0.25, 0.3) is 5.19 Å². The maximum Gasteiger partial charge on any atom is 0.274 e. The van der Waals surface area contributed by atoms with Crippen LogP contribution in [0.4, 0.5) is 0 Å². The number of hydrogen-bond donors (Lipinski definition) is 1. The molecule has 0 amide bonds. The lowest BCUT2D eigenvalue weighted by Crippen LogP contribution is -2.30. The van der Waals surface area contributed by atoms with Crippen molar-refractivity contribution in [2.24, 2.45) is 5.92 Å². The van der Waals surface area contributed by atoms with Crippen LogP contribution in [0.5, 0.6) is 5.19 Å². The molecule has 1 aromatic heterocycles. The van der Waals surface area contributed by atoms with Crippen molar-refractivity contribution in [1.29, 1.82) is 0 Å². The highest BCUT2D eigenvalue weighted by atomic mass is 35.5. The third kappa shape index (κ3) is 3.81. The van der Waals surface area contributed by atoms with Gasteiger partial charge in [-0.25, -0.2) is 4.98 Å². The number of fused-ring (bicyclic) bond motifs is 1. The molecule has 2 heterocycles. The second-order valence-electron chi connectivity index (χ2n) is 4.80. The molecule has 0 spiro atoms. The Hall–Kier alpha value is -0.840. The first-order valence-corrected chi connectivity index (χ1v) is 7.42. The predicted octanol–water partition coefficient (Wildman–Crippen LogP) is 3.49. The monoisotopic (exact) mass is 298 g/mol. The molecule has 2 aromatic rings. The summed E-state index contributed by atoms with van der Waals surface area (Å²) in [5, 5.41) is 4.24. The van der Waals surface area contributed by atoms with E-state index in [4.69, 9.17) is 4.74 Å². The lowest BCUT2D eigenvalue weighted by atomic mass is 9.97. The van der Waals surface area contributed by atoms with Crippen LogP contribution in [0.15, 0.2) is 24.3 Å². The molecule has 1 saturated heterocycles. The van der Waals surface area contributed by atoms with E-state index in [2.05, 4.69) is 16.4 Å². The van der Waals surface area contributed by atoms with E-state index in [1.54, 1.807) is 11.3 Å². The topological polar surface area (TPSA) is 34.1 Å². The molecule has 3 nitrogen and oxygen atoms in total. The van der Waals surface area contributed by atoms with Gasteiger partial charge in [-0.05, 0) is 50.4 Å². The largest absolute Gasteiger partial charge is 0.470 e. The highest BCUT2D eigenvalue weighted by Gasteiger charge is 2.13. The Labute approximate surface area is 123 Å². The van der Waals surface area contributed by atoms with E-state index in [9.17, 15) is 0 Å². The van der Waals surface area contributed by atoms with Crippen molar-refractivity contribution in [2.75, 3.05) is 19.7 Å². The molecule has 0 radical (unpaired) electrons. The number of rotatable bonds is 4. The van der Waals surface area contributed by atoms with E-state index in [0.29, 0.717) is 0 Å². The number of nitrogens with one attached hydrogen (secondary N) is 1.